The molecular formula is C10H12BrNO3S. The standard InChI is InChI=1S/C10H12BrNO3S/c1-16(13,14)12-9-5-2-7(11)6-10(9)15-8-3-4-8/h2,5-6,8,12H,3-4H2,1H3. The van der Waals surface area contributed by atoms with Crippen LogP contribution in [0.4, 0.5) is 5.69 Å². The molecule has 1 fully saturated rings. The normalized spacial score (nSPS) is 15.9. The molecule has 88 valence electrons. The smallest absolute Gasteiger partial charge is 0.229 e. The minimum atomic E-state index is -3.27. The van der Waals surface area contributed by atoms with Crippen molar-refractivity contribution < 1.29 is 13.2 Å². The Bertz CT molecular complexity index is 497. The average Bonchev–Trinajstić information content (AvgIpc) is 2.91. The monoisotopic (exact) mass is 305 g/mol. The molecule has 1 aliphatic rings. The molecule has 0 amide bonds. The average molecular weight is 306 g/mol. The highest BCUT2D eigenvalue weighted by atomic mass is 79.9. The third-order valence-electron chi connectivity index (χ3n) is 2.06. The summed E-state index contributed by atoms with van der Waals surface area (Å²) in [7, 11) is -3.27. The third kappa shape index (κ3) is 3.38. The molecule has 2 rings (SSSR count). The van der Waals surface area contributed by atoms with E-state index in [2.05, 4.69) is 20.7 Å². The lowest BCUT2D eigenvalue weighted by molar-refractivity contribution is 0.304. The van der Waals surface area contributed by atoms with Crippen LogP contribution in [0.1, 0.15) is 12.8 Å². The largest absolute Gasteiger partial charge is 0.488 e. The van der Waals surface area contributed by atoms with E-state index in [-0.39, 0.29) is 6.10 Å². The van der Waals surface area contributed by atoms with Gasteiger partial charge in [-0.3, -0.25) is 4.72 Å². The lowest BCUT2D eigenvalue weighted by Crippen LogP contribution is -2.11. The van der Waals surface area contributed by atoms with Crippen LogP contribution in [-0.2, 0) is 10.0 Å². The van der Waals surface area contributed by atoms with E-state index in [0.29, 0.717) is 11.4 Å². The van der Waals surface area contributed by atoms with Crippen molar-refractivity contribution in [1.82, 2.24) is 0 Å². The maximum Gasteiger partial charge on any atom is 0.229 e. The second-order valence-electron chi connectivity index (χ2n) is 3.83. The number of anilines is 1. The highest BCUT2D eigenvalue weighted by molar-refractivity contribution is 9.10. The van der Waals surface area contributed by atoms with Gasteiger partial charge in [0, 0.05) is 4.47 Å². The van der Waals surface area contributed by atoms with Gasteiger partial charge in [-0.05, 0) is 31.0 Å². The summed E-state index contributed by atoms with van der Waals surface area (Å²) in [5.74, 6) is 0.572. The number of hydrogen-bond acceptors (Lipinski definition) is 3. The lowest BCUT2D eigenvalue weighted by Gasteiger charge is -2.12. The third-order valence-corrected chi connectivity index (χ3v) is 3.14. The quantitative estimate of drug-likeness (QED) is 0.929. The zero-order chi connectivity index (χ0) is 11.8. The minimum Gasteiger partial charge on any atom is -0.488 e. The van der Waals surface area contributed by atoms with Crippen molar-refractivity contribution in [3.05, 3.63) is 22.7 Å². The van der Waals surface area contributed by atoms with Crippen molar-refractivity contribution in [1.29, 1.82) is 0 Å². The zero-order valence-corrected chi connectivity index (χ0v) is 11.1. The van der Waals surface area contributed by atoms with Crippen molar-refractivity contribution >= 4 is 31.6 Å². The molecule has 0 heterocycles. The number of ether oxygens (including phenoxy) is 1. The van der Waals surface area contributed by atoms with Crippen LogP contribution in [0.2, 0.25) is 0 Å². The SMILES string of the molecule is CS(=O)(=O)Nc1ccc(Br)cc1OC1CC1. The zero-order valence-electron chi connectivity index (χ0n) is 8.73. The van der Waals surface area contributed by atoms with Gasteiger partial charge in [0.2, 0.25) is 10.0 Å². The Labute approximate surface area is 103 Å². The number of halogens is 1. The van der Waals surface area contributed by atoms with Crippen molar-refractivity contribution in [3.63, 3.8) is 0 Å². The minimum absolute atomic E-state index is 0.231. The van der Waals surface area contributed by atoms with E-state index in [9.17, 15) is 8.42 Å². The Kier molecular flexibility index (Phi) is 3.12. The van der Waals surface area contributed by atoms with Crippen molar-refractivity contribution in [3.8, 4) is 5.75 Å². The van der Waals surface area contributed by atoms with Crippen LogP contribution in [0, 0.1) is 0 Å². The summed E-state index contributed by atoms with van der Waals surface area (Å²) in [6.07, 6.45) is 3.42. The van der Waals surface area contributed by atoms with Gasteiger partial charge in [0.15, 0.2) is 0 Å². The summed E-state index contributed by atoms with van der Waals surface area (Å²) < 4.78 is 31.2. The Morgan fingerprint density at radius 2 is 2.12 bits per heavy atom. The van der Waals surface area contributed by atoms with E-state index in [0.717, 1.165) is 23.6 Å². The van der Waals surface area contributed by atoms with Crippen LogP contribution >= 0.6 is 15.9 Å². The Morgan fingerprint density at radius 3 is 2.69 bits per heavy atom. The van der Waals surface area contributed by atoms with Crippen molar-refractivity contribution in [2.45, 2.75) is 18.9 Å². The van der Waals surface area contributed by atoms with E-state index in [1.54, 1.807) is 18.2 Å². The van der Waals surface area contributed by atoms with Crippen LogP contribution in [0.25, 0.3) is 0 Å². The molecule has 0 atom stereocenters. The van der Waals surface area contributed by atoms with Gasteiger partial charge >= 0.3 is 0 Å². The van der Waals surface area contributed by atoms with E-state index < -0.39 is 10.0 Å². The Hall–Kier alpha value is -0.750. The van der Waals surface area contributed by atoms with Gasteiger partial charge in [-0.15, -0.1) is 0 Å². The molecule has 0 bridgehead atoms. The van der Waals surface area contributed by atoms with Gasteiger partial charge in [-0.1, -0.05) is 15.9 Å². The fraction of sp³-hybridized carbons (Fsp3) is 0.400. The molecule has 4 nitrogen and oxygen atoms in total. The first-order chi connectivity index (χ1) is 7.44. The fourth-order valence-electron chi connectivity index (χ4n) is 1.24. The predicted octanol–water partition coefficient (Wildman–Crippen LogP) is 2.36. The van der Waals surface area contributed by atoms with Crippen LogP contribution < -0.4 is 9.46 Å². The van der Waals surface area contributed by atoms with Crippen LogP contribution in [0.5, 0.6) is 5.75 Å². The molecule has 1 aromatic carbocycles. The topological polar surface area (TPSA) is 55.4 Å². The van der Waals surface area contributed by atoms with Crippen LogP contribution in [-0.4, -0.2) is 20.8 Å². The highest BCUT2D eigenvalue weighted by Crippen LogP contribution is 2.34. The molecule has 0 saturated heterocycles. The molecule has 1 aliphatic carbocycles. The lowest BCUT2D eigenvalue weighted by atomic mass is 10.3. The first kappa shape index (κ1) is 11.7. The molecule has 1 aromatic rings. The molecule has 16 heavy (non-hydrogen) atoms. The second kappa shape index (κ2) is 4.25. The summed E-state index contributed by atoms with van der Waals surface area (Å²) in [4.78, 5) is 0. The second-order valence-corrected chi connectivity index (χ2v) is 6.50. The number of nitrogens with one attached hydrogen (secondary N) is 1. The summed E-state index contributed by atoms with van der Waals surface area (Å²) in [6, 6.07) is 5.22. The van der Waals surface area contributed by atoms with Gasteiger partial charge in [0.05, 0.1) is 18.0 Å². The number of hydrogen-bond donors (Lipinski definition) is 1. The van der Waals surface area contributed by atoms with Gasteiger partial charge in [-0.25, -0.2) is 8.42 Å². The first-order valence-electron chi connectivity index (χ1n) is 4.88. The molecule has 6 heteroatoms. The maximum atomic E-state index is 11.2. The summed E-state index contributed by atoms with van der Waals surface area (Å²) >= 11 is 3.33. The van der Waals surface area contributed by atoms with E-state index in [1.165, 1.54) is 0 Å². The van der Waals surface area contributed by atoms with Gasteiger partial charge in [0.1, 0.15) is 5.75 Å². The maximum absolute atomic E-state index is 11.2. The summed E-state index contributed by atoms with van der Waals surface area (Å²) in [5, 5.41) is 0. The van der Waals surface area contributed by atoms with Gasteiger partial charge in [0.25, 0.3) is 0 Å². The predicted molar refractivity (Wildman–Crippen MR) is 66.3 cm³/mol. The Morgan fingerprint density at radius 1 is 1.44 bits per heavy atom. The molecule has 1 saturated carbocycles. The Balaban J connectivity index is 2.27. The van der Waals surface area contributed by atoms with E-state index in [4.69, 9.17) is 4.74 Å². The fourth-order valence-corrected chi connectivity index (χ4v) is 2.15. The van der Waals surface area contributed by atoms with E-state index >= 15 is 0 Å². The molecular weight excluding hydrogens is 294 g/mol. The van der Waals surface area contributed by atoms with Crippen LogP contribution in [0.15, 0.2) is 22.7 Å². The van der Waals surface area contributed by atoms with E-state index in [1.807, 2.05) is 0 Å². The molecule has 1 N–H and O–H groups in total. The first-order valence-corrected chi connectivity index (χ1v) is 7.56. The number of rotatable bonds is 4. The summed E-state index contributed by atoms with van der Waals surface area (Å²) in [5.41, 5.74) is 0.484. The van der Waals surface area contributed by atoms with Crippen molar-refractivity contribution in [2.24, 2.45) is 0 Å². The highest BCUT2D eigenvalue weighted by Gasteiger charge is 2.25. The van der Waals surface area contributed by atoms with Gasteiger partial charge < -0.3 is 4.74 Å². The van der Waals surface area contributed by atoms with Crippen LogP contribution in [0.3, 0.4) is 0 Å². The number of benzene rings is 1. The molecule has 0 aromatic heterocycles. The van der Waals surface area contributed by atoms with Gasteiger partial charge in [-0.2, -0.15) is 0 Å². The molecule has 0 unspecified atom stereocenters. The molecule has 0 radical (unpaired) electrons. The molecule has 0 spiro atoms. The number of sulfonamides is 1. The summed E-state index contributed by atoms with van der Waals surface area (Å²) in [6.45, 7) is 0. The van der Waals surface area contributed by atoms with Crippen molar-refractivity contribution in [2.75, 3.05) is 11.0 Å². The molecule has 0 aliphatic heterocycles.